The molecule has 4 nitrogen and oxygen atoms in total. The molecule has 0 spiro atoms. The predicted octanol–water partition coefficient (Wildman–Crippen LogP) is 2.98. The number of benzene rings is 1. The van der Waals surface area contributed by atoms with Crippen molar-refractivity contribution in [2.45, 2.75) is 18.2 Å². The van der Waals surface area contributed by atoms with Crippen molar-refractivity contribution in [1.29, 1.82) is 0 Å². The standard InChI is InChI=1S/C13H14BrN3O/c1-2-10(14)13(18)16-11-5-3-4-6-12(11)17-8-7-15-9-17/h3-10H,2H2,1H3,(H,16,18). The molecule has 1 heterocycles. The van der Waals surface area contributed by atoms with Crippen molar-refractivity contribution in [3.63, 3.8) is 0 Å². The van der Waals surface area contributed by atoms with Gasteiger partial charge in [-0.3, -0.25) is 4.79 Å². The van der Waals surface area contributed by atoms with E-state index in [0.717, 1.165) is 17.8 Å². The zero-order chi connectivity index (χ0) is 13.0. The minimum absolute atomic E-state index is 0.0370. The molecule has 5 heteroatoms. The molecule has 94 valence electrons. The molecule has 2 aromatic rings. The van der Waals surface area contributed by atoms with Crippen LogP contribution in [0.1, 0.15) is 13.3 Å². The number of nitrogens with zero attached hydrogens (tertiary/aromatic N) is 2. The largest absolute Gasteiger partial charge is 0.323 e. The van der Waals surface area contributed by atoms with E-state index in [2.05, 4.69) is 26.2 Å². The number of hydrogen-bond donors (Lipinski definition) is 1. The Labute approximate surface area is 114 Å². The first-order valence-electron chi connectivity index (χ1n) is 5.74. The summed E-state index contributed by atoms with van der Waals surface area (Å²) in [6, 6.07) is 7.64. The van der Waals surface area contributed by atoms with Crippen LogP contribution >= 0.6 is 15.9 Å². The van der Waals surface area contributed by atoms with Crippen molar-refractivity contribution >= 4 is 27.5 Å². The van der Waals surface area contributed by atoms with Crippen LogP contribution in [0.15, 0.2) is 43.0 Å². The van der Waals surface area contributed by atoms with Crippen LogP contribution in [0.3, 0.4) is 0 Å². The molecule has 0 aliphatic carbocycles. The summed E-state index contributed by atoms with van der Waals surface area (Å²) in [5.74, 6) is -0.0370. The highest BCUT2D eigenvalue weighted by Crippen LogP contribution is 2.20. The second-order valence-corrected chi connectivity index (χ2v) is 4.96. The molecule has 1 amide bonds. The van der Waals surface area contributed by atoms with Crippen LogP contribution in [0.5, 0.6) is 0 Å². The van der Waals surface area contributed by atoms with Crippen LogP contribution in [0.25, 0.3) is 5.69 Å². The Kier molecular flexibility index (Phi) is 4.15. The number of halogens is 1. The highest BCUT2D eigenvalue weighted by Gasteiger charge is 2.14. The molecule has 0 aliphatic heterocycles. The number of anilines is 1. The first-order valence-corrected chi connectivity index (χ1v) is 6.66. The van der Waals surface area contributed by atoms with Crippen molar-refractivity contribution < 1.29 is 4.79 Å². The van der Waals surface area contributed by atoms with E-state index in [0.29, 0.717) is 0 Å². The third-order valence-electron chi connectivity index (χ3n) is 2.59. The van der Waals surface area contributed by atoms with E-state index in [-0.39, 0.29) is 10.7 Å². The fourth-order valence-electron chi connectivity index (χ4n) is 1.60. The van der Waals surface area contributed by atoms with Gasteiger partial charge in [-0.1, -0.05) is 35.0 Å². The van der Waals surface area contributed by atoms with Gasteiger partial charge in [0.1, 0.15) is 0 Å². The number of rotatable bonds is 4. The summed E-state index contributed by atoms with van der Waals surface area (Å²) in [5.41, 5.74) is 1.68. The van der Waals surface area contributed by atoms with Gasteiger partial charge in [0.25, 0.3) is 0 Å². The van der Waals surface area contributed by atoms with Gasteiger partial charge < -0.3 is 9.88 Å². The number of nitrogens with one attached hydrogen (secondary N) is 1. The summed E-state index contributed by atoms with van der Waals surface area (Å²) >= 11 is 3.34. The van der Waals surface area contributed by atoms with Gasteiger partial charge in [-0.15, -0.1) is 0 Å². The van der Waals surface area contributed by atoms with Crippen molar-refractivity contribution in [2.75, 3.05) is 5.32 Å². The van der Waals surface area contributed by atoms with Gasteiger partial charge in [0.2, 0.25) is 5.91 Å². The number of carbonyl (C=O) groups is 1. The summed E-state index contributed by atoms with van der Waals surface area (Å²) < 4.78 is 1.87. The Balaban J connectivity index is 2.26. The van der Waals surface area contributed by atoms with E-state index in [9.17, 15) is 4.79 Å². The fraction of sp³-hybridized carbons (Fsp3) is 0.231. The summed E-state index contributed by atoms with van der Waals surface area (Å²) in [5, 5.41) is 2.92. The van der Waals surface area contributed by atoms with Crippen molar-refractivity contribution in [3.8, 4) is 5.69 Å². The number of para-hydroxylation sites is 2. The van der Waals surface area contributed by atoms with Crippen LogP contribution in [0.2, 0.25) is 0 Å². The number of amides is 1. The smallest absolute Gasteiger partial charge is 0.238 e. The first kappa shape index (κ1) is 12.8. The summed E-state index contributed by atoms with van der Waals surface area (Å²) in [4.78, 5) is 15.7. The first-order chi connectivity index (χ1) is 8.72. The fourth-order valence-corrected chi connectivity index (χ4v) is 1.72. The van der Waals surface area contributed by atoms with Gasteiger partial charge in [-0.2, -0.15) is 0 Å². The second kappa shape index (κ2) is 5.82. The number of imidazole rings is 1. The van der Waals surface area contributed by atoms with Gasteiger partial charge in [0.15, 0.2) is 0 Å². The van der Waals surface area contributed by atoms with E-state index >= 15 is 0 Å². The topological polar surface area (TPSA) is 46.9 Å². The highest BCUT2D eigenvalue weighted by molar-refractivity contribution is 9.10. The van der Waals surface area contributed by atoms with Gasteiger partial charge >= 0.3 is 0 Å². The van der Waals surface area contributed by atoms with Crippen molar-refractivity contribution in [2.24, 2.45) is 0 Å². The summed E-state index contributed by atoms with van der Waals surface area (Å²) in [6.45, 7) is 1.96. The SMILES string of the molecule is CCC(Br)C(=O)Nc1ccccc1-n1ccnc1. The second-order valence-electron chi connectivity index (χ2n) is 3.85. The Hall–Kier alpha value is -1.62. The molecule has 0 aliphatic rings. The monoisotopic (exact) mass is 307 g/mol. The van der Waals surface area contributed by atoms with E-state index in [1.54, 1.807) is 12.5 Å². The van der Waals surface area contributed by atoms with Crippen LogP contribution in [-0.4, -0.2) is 20.3 Å². The van der Waals surface area contributed by atoms with E-state index < -0.39 is 0 Å². The van der Waals surface area contributed by atoms with Crippen molar-refractivity contribution in [3.05, 3.63) is 43.0 Å². The lowest BCUT2D eigenvalue weighted by Crippen LogP contribution is -2.22. The summed E-state index contributed by atoms with van der Waals surface area (Å²) in [6.07, 6.45) is 6.00. The maximum Gasteiger partial charge on any atom is 0.238 e. The molecule has 1 aromatic heterocycles. The lowest BCUT2D eigenvalue weighted by atomic mass is 10.2. The molecule has 0 radical (unpaired) electrons. The number of carbonyl (C=O) groups excluding carboxylic acids is 1. The van der Waals surface area contributed by atoms with E-state index in [4.69, 9.17) is 0 Å². The van der Waals surface area contributed by atoms with Gasteiger partial charge in [-0.05, 0) is 18.6 Å². The molecular weight excluding hydrogens is 294 g/mol. The van der Waals surface area contributed by atoms with Gasteiger partial charge in [-0.25, -0.2) is 4.98 Å². The third kappa shape index (κ3) is 2.79. The molecule has 0 saturated carbocycles. The maximum atomic E-state index is 11.9. The summed E-state index contributed by atoms with van der Waals surface area (Å²) in [7, 11) is 0. The molecule has 0 saturated heterocycles. The predicted molar refractivity (Wildman–Crippen MR) is 75.2 cm³/mol. The minimum Gasteiger partial charge on any atom is -0.323 e. The molecular formula is C13H14BrN3O. The third-order valence-corrected chi connectivity index (χ3v) is 3.65. The van der Waals surface area contributed by atoms with E-state index in [1.165, 1.54) is 0 Å². The number of aromatic nitrogens is 2. The molecule has 1 atom stereocenters. The van der Waals surface area contributed by atoms with Gasteiger partial charge in [0, 0.05) is 12.4 Å². The molecule has 1 unspecified atom stereocenters. The zero-order valence-corrected chi connectivity index (χ0v) is 11.6. The Morgan fingerprint density at radius 1 is 1.50 bits per heavy atom. The molecule has 0 fully saturated rings. The Morgan fingerprint density at radius 2 is 2.28 bits per heavy atom. The van der Waals surface area contributed by atoms with Crippen LogP contribution in [0, 0.1) is 0 Å². The van der Waals surface area contributed by atoms with Gasteiger partial charge in [0.05, 0.1) is 22.5 Å². The number of hydrogen-bond acceptors (Lipinski definition) is 2. The van der Waals surface area contributed by atoms with Crippen LogP contribution < -0.4 is 5.32 Å². The number of alkyl halides is 1. The molecule has 18 heavy (non-hydrogen) atoms. The molecule has 2 rings (SSSR count). The minimum atomic E-state index is -0.173. The Bertz CT molecular complexity index is 525. The molecule has 1 aromatic carbocycles. The lowest BCUT2D eigenvalue weighted by Gasteiger charge is -2.13. The normalized spacial score (nSPS) is 12.1. The van der Waals surface area contributed by atoms with Crippen molar-refractivity contribution in [1.82, 2.24) is 9.55 Å². The molecule has 1 N–H and O–H groups in total. The average Bonchev–Trinajstić information content (AvgIpc) is 2.92. The Morgan fingerprint density at radius 3 is 2.94 bits per heavy atom. The maximum absolute atomic E-state index is 11.9. The van der Waals surface area contributed by atoms with Crippen LogP contribution in [-0.2, 0) is 4.79 Å². The highest BCUT2D eigenvalue weighted by atomic mass is 79.9. The lowest BCUT2D eigenvalue weighted by molar-refractivity contribution is -0.115. The average molecular weight is 308 g/mol. The molecule has 0 bridgehead atoms. The quantitative estimate of drug-likeness (QED) is 0.883. The zero-order valence-electron chi connectivity index (χ0n) is 10.0. The van der Waals surface area contributed by atoms with E-state index in [1.807, 2.05) is 42.0 Å². The van der Waals surface area contributed by atoms with Crippen LogP contribution in [0.4, 0.5) is 5.69 Å².